The fourth-order valence-electron chi connectivity index (χ4n) is 1.42. The smallest absolute Gasteiger partial charge is 0.167 e. The molecule has 4 heteroatoms. The third kappa shape index (κ3) is 3.54. The number of thioether (sulfide) groups is 1. The summed E-state index contributed by atoms with van der Waals surface area (Å²) >= 11 is 1.85. The summed E-state index contributed by atoms with van der Waals surface area (Å²) in [6, 6.07) is 0.825. The van der Waals surface area contributed by atoms with Crippen LogP contribution in [0.2, 0.25) is 0 Å². The van der Waals surface area contributed by atoms with Crippen LogP contribution >= 0.6 is 11.8 Å². The topological polar surface area (TPSA) is 29.9 Å². The van der Waals surface area contributed by atoms with Gasteiger partial charge < -0.3 is 9.88 Å². The molecular weight excluding hydrogens is 206 g/mol. The quantitative estimate of drug-likeness (QED) is 0.750. The zero-order valence-corrected chi connectivity index (χ0v) is 10.3. The SMILES string of the molecule is CC(CNC1CC1)CSc1nccn1C. The van der Waals surface area contributed by atoms with Crippen LogP contribution in [-0.4, -0.2) is 27.9 Å². The molecule has 3 nitrogen and oxygen atoms in total. The number of aromatic nitrogens is 2. The molecule has 1 saturated carbocycles. The zero-order valence-electron chi connectivity index (χ0n) is 9.44. The molecule has 84 valence electrons. The van der Waals surface area contributed by atoms with Crippen LogP contribution in [0.5, 0.6) is 0 Å². The van der Waals surface area contributed by atoms with E-state index in [4.69, 9.17) is 0 Å². The second-order valence-corrected chi connectivity index (χ2v) is 5.41. The first kappa shape index (κ1) is 11.0. The Hall–Kier alpha value is -0.480. The number of aryl methyl sites for hydroxylation is 1. The van der Waals surface area contributed by atoms with Crippen molar-refractivity contribution in [1.29, 1.82) is 0 Å². The first-order chi connectivity index (χ1) is 7.25. The van der Waals surface area contributed by atoms with Crippen LogP contribution in [0, 0.1) is 5.92 Å². The van der Waals surface area contributed by atoms with E-state index >= 15 is 0 Å². The largest absolute Gasteiger partial charge is 0.329 e. The Kier molecular flexibility index (Phi) is 3.70. The van der Waals surface area contributed by atoms with Crippen LogP contribution in [0.1, 0.15) is 19.8 Å². The van der Waals surface area contributed by atoms with Crippen molar-refractivity contribution in [2.45, 2.75) is 31.0 Å². The van der Waals surface area contributed by atoms with E-state index in [2.05, 4.69) is 21.8 Å². The van der Waals surface area contributed by atoms with E-state index in [0.717, 1.165) is 23.5 Å². The molecule has 15 heavy (non-hydrogen) atoms. The number of hydrogen-bond donors (Lipinski definition) is 1. The number of nitrogens with one attached hydrogen (secondary N) is 1. The molecule has 1 atom stereocenters. The molecule has 0 saturated heterocycles. The highest BCUT2D eigenvalue weighted by atomic mass is 32.2. The maximum Gasteiger partial charge on any atom is 0.167 e. The highest BCUT2D eigenvalue weighted by Gasteiger charge is 2.20. The summed E-state index contributed by atoms with van der Waals surface area (Å²) in [4.78, 5) is 4.30. The summed E-state index contributed by atoms with van der Waals surface area (Å²) in [6.45, 7) is 3.44. The summed E-state index contributed by atoms with van der Waals surface area (Å²) in [7, 11) is 2.04. The molecule has 1 aliphatic rings. The van der Waals surface area contributed by atoms with Crippen molar-refractivity contribution < 1.29 is 0 Å². The van der Waals surface area contributed by atoms with E-state index < -0.39 is 0 Å². The van der Waals surface area contributed by atoms with Gasteiger partial charge in [0.1, 0.15) is 0 Å². The normalized spacial score (nSPS) is 18.0. The summed E-state index contributed by atoms with van der Waals surface area (Å²) < 4.78 is 2.08. The molecule has 1 fully saturated rings. The van der Waals surface area contributed by atoms with Gasteiger partial charge in [0.05, 0.1) is 0 Å². The van der Waals surface area contributed by atoms with Gasteiger partial charge in [0.2, 0.25) is 0 Å². The molecule has 1 aromatic heterocycles. The second-order valence-electron chi connectivity index (χ2n) is 4.42. The van der Waals surface area contributed by atoms with Gasteiger partial charge in [-0.1, -0.05) is 18.7 Å². The Morgan fingerprint density at radius 2 is 2.47 bits per heavy atom. The maximum atomic E-state index is 4.30. The maximum absolute atomic E-state index is 4.30. The Labute approximate surface area is 95.7 Å². The summed E-state index contributed by atoms with van der Waals surface area (Å²) in [5, 5.41) is 4.68. The van der Waals surface area contributed by atoms with Crippen LogP contribution in [0.25, 0.3) is 0 Å². The predicted molar refractivity (Wildman–Crippen MR) is 64.1 cm³/mol. The molecule has 1 N–H and O–H groups in total. The van der Waals surface area contributed by atoms with Gasteiger partial charge in [-0.2, -0.15) is 0 Å². The minimum absolute atomic E-state index is 0.715. The average Bonchev–Trinajstić information content (AvgIpc) is 2.96. The molecule has 1 aromatic rings. The molecule has 1 heterocycles. The highest BCUT2D eigenvalue weighted by Crippen LogP contribution is 2.21. The molecule has 0 bridgehead atoms. The first-order valence-electron chi connectivity index (χ1n) is 5.59. The molecule has 1 unspecified atom stereocenters. The lowest BCUT2D eigenvalue weighted by Crippen LogP contribution is -2.24. The third-order valence-electron chi connectivity index (χ3n) is 2.61. The van der Waals surface area contributed by atoms with Gasteiger partial charge in [0.25, 0.3) is 0 Å². The minimum Gasteiger partial charge on any atom is -0.329 e. The van der Waals surface area contributed by atoms with E-state index in [1.54, 1.807) is 0 Å². The van der Waals surface area contributed by atoms with Crippen molar-refractivity contribution in [3.8, 4) is 0 Å². The molecule has 2 rings (SSSR count). The van der Waals surface area contributed by atoms with Crippen LogP contribution in [0.3, 0.4) is 0 Å². The predicted octanol–water partition coefficient (Wildman–Crippen LogP) is 1.90. The van der Waals surface area contributed by atoms with Crippen molar-refractivity contribution in [2.75, 3.05) is 12.3 Å². The lowest BCUT2D eigenvalue weighted by molar-refractivity contribution is 0.556. The summed E-state index contributed by atoms with van der Waals surface area (Å²) in [5.41, 5.74) is 0. The fraction of sp³-hybridized carbons (Fsp3) is 0.727. The number of rotatable bonds is 6. The van der Waals surface area contributed by atoms with E-state index in [-0.39, 0.29) is 0 Å². The van der Waals surface area contributed by atoms with Crippen molar-refractivity contribution in [3.05, 3.63) is 12.4 Å². The number of nitrogens with zero attached hydrogens (tertiary/aromatic N) is 2. The van der Waals surface area contributed by atoms with Crippen molar-refractivity contribution in [2.24, 2.45) is 13.0 Å². The van der Waals surface area contributed by atoms with Gasteiger partial charge >= 0.3 is 0 Å². The molecule has 0 aliphatic heterocycles. The van der Waals surface area contributed by atoms with Gasteiger partial charge in [-0.25, -0.2) is 4.98 Å². The third-order valence-corrected chi connectivity index (χ3v) is 3.99. The van der Waals surface area contributed by atoms with E-state index in [1.165, 1.54) is 12.8 Å². The van der Waals surface area contributed by atoms with Crippen molar-refractivity contribution in [3.63, 3.8) is 0 Å². The monoisotopic (exact) mass is 225 g/mol. The van der Waals surface area contributed by atoms with Crippen LogP contribution in [0.4, 0.5) is 0 Å². The molecule has 0 amide bonds. The highest BCUT2D eigenvalue weighted by molar-refractivity contribution is 7.99. The van der Waals surface area contributed by atoms with Crippen molar-refractivity contribution in [1.82, 2.24) is 14.9 Å². The van der Waals surface area contributed by atoms with Crippen LogP contribution in [0.15, 0.2) is 17.6 Å². The molecule has 0 spiro atoms. The number of hydrogen-bond acceptors (Lipinski definition) is 3. The van der Waals surface area contributed by atoms with Gasteiger partial charge in [-0.05, 0) is 25.3 Å². The fourth-order valence-corrected chi connectivity index (χ4v) is 2.37. The Bertz CT molecular complexity index is 307. The Morgan fingerprint density at radius 1 is 1.67 bits per heavy atom. The Morgan fingerprint density at radius 3 is 3.07 bits per heavy atom. The lowest BCUT2D eigenvalue weighted by Gasteiger charge is -2.11. The van der Waals surface area contributed by atoms with Gasteiger partial charge in [0, 0.05) is 31.2 Å². The van der Waals surface area contributed by atoms with E-state index in [0.29, 0.717) is 5.92 Å². The van der Waals surface area contributed by atoms with Gasteiger partial charge in [0.15, 0.2) is 5.16 Å². The van der Waals surface area contributed by atoms with Crippen molar-refractivity contribution >= 4 is 11.8 Å². The van der Waals surface area contributed by atoms with Gasteiger partial charge in [-0.15, -0.1) is 0 Å². The van der Waals surface area contributed by atoms with Crippen LogP contribution < -0.4 is 5.32 Å². The molecule has 0 radical (unpaired) electrons. The minimum atomic E-state index is 0.715. The Balaban J connectivity index is 1.65. The number of imidazole rings is 1. The summed E-state index contributed by atoms with van der Waals surface area (Å²) in [5.74, 6) is 1.86. The molecular formula is C11H19N3S. The van der Waals surface area contributed by atoms with E-state index in [9.17, 15) is 0 Å². The average molecular weight is 225 g/mol. The zero-order chi connectivity index (χ0) is 10.7. The van der Waals surface area contributed by atoms with Gasteiger partial charge in [-0.3, -0.25) is 0 Å². The van der Waals surface area contributed by atoms with Crippen LogP contribution in [-0.2, 0) is 7.05 Å². The second kappa shape index (κ2) is 5.03. The summed E-state index contributed by atoms with van der Waals surface area (Å²) in [6.07, 6.45) is 6.60. The molecule has 1 aliphatic carbocycles. The first-order valence-corrected chi connectivity index (χ1v) is 6.58. The van der Waals surface area contributed by atoms with E-state index in [1.807, 2.05) is 31.2 Å². The standard InChI is InChI=1S/C11H19N3S/c1-9(7-13-10-3-4-10)8-15-11-12-5-6-14(11)2/h5-6,9-10,13H,3-4,7-8H2,1-2H3. The molecule has 0 aromatic carbocycles. The lowest BCUT2D eigenvalue weighted by atomic mass is 10.2.